The molecule has 15 heavy (non-hydrogen) atoms. The third-order valence-electron chi connectivity index (χ3n) is 2.58. The van der Waals surface area contributed by atoms with Crippen molar-refractivity contribution >= 4 is 10.2 Å². The van der Waals surface area contributed by atoms with Crippen LogP contribution >= 0.6 is 0 Å². The fourth-order valence-electron chi connectivity index (χ4n) is 1.63. The highest BCUT2D eigenvalue weighted by atomic mass is 28.1. The minimum atomic E-state index is -0.816. The van der Waals surface area contributed by atoms with Crippen LogP contribution < -0.4 is 0 Å². The molecule has 0 fully saturated rings. The molecule has 1 aromatic heterocycles. The third kappa shape index (κ3) is 2.26. The molecule has 0 amide bonds. The van der Waals surface area contributed by atoms with Crippen LogP contribution in [0.1, 0.15) is 5.56 Å². The Morgan fingerprint density at radius 3 is 2.13 bits per heavy atom. The Morgan fingerprint density at radius 2 is 1.73 bits per heavy atom. The molecule has 0 spiro atoms. The molecule has 0 aliphatic rings. The van der Waals surface area contributed by atoms with Crippen LogP contribution in [0.3, 0.4) is 0 Å². The summed E-state index contributed by atoms with van der Waals surface area (Å²) in [6.45, 7) is 0. The van der Waals surface area contributed by atoms with Crippen molar-refractivity contribution in [2.24, 2.45) is 0 Å². The Kier molecular flexibility index (Phi) is 4.40. The molecule has 4 nitrogen and oxygen atoms in total. The van der Waals surface area contributed by atoms with Crippen molar-refractivity contribution in [2.45, 2.75) is 11.5 Å². The van der Waals surface area contributed by atoms with Crippen molar-refractivity contribution in [3.8, 4) is 0 Å². The average molecular weight is 227 g/mol. The normalized spacial score (nSPS) is 14.1. The number of hydrogen-bond acceptors (Lipinski definition) is 4. The molecule has 1 rings (SSSR count). The van der Waals surface area contributed by atoms with Crippen molar-refractivity contribution in [3.63, 3.8) is 0 Å². The molecule has 1 aromatic rings. The van der Waals surface area contributed by atoms with Crippen LogP contribution in [0.2, 0.25) is 0 Å². The van der Waals surface area contributed by atoms with Crippen LogP contribution in [0.4, 0.5) is 0 Å². The van der Waals surface area contributed by atoms with E-state index in [1.54, 1.807) is 33.7 Å². The summed E-state index contributed by atoms with van der Waals surface area (Å²) in [6, 6.07) is 3.74. The van der Waals surface area contributed by atoms with Crippen LogP contribution in [0.15, 0.2) is 24.5 Å². The first-order chi connectivity index (χ1) is 7.21. The molecule has 1 heterocycles. The first kappa shape index (κ1) is 12.3. The van der Waals surface area contributed by atoms with Crippen LogP contribution in [0.5, 0.6) is 0 Å². The summed E-state index contributed by atoms with van der Waals surface area (Å²) in [4.78, 5) is 3.97. The number of aromatic nitrogens is 1. The monoisotopic (exact) mass is 227 g/mol. The van der Waals surface area contributed by atoms with Crippen molar-refractivity contribution in [1.82, 2.24) is 4.98 Å². The second-order valence-electron chi connectivity index (χ2n) is 3.19. The maximum Gasteiger partial charge on any atom is 0.217 e. The SMILES string of the molecule is COC([SiH3])C(OC)(OC)c1ccncc1. The second kappa shape index (κ2) is 5.36. The van der Waals surface area contributed by atoms with Gasteiger partial charge in [-0.2, -0.15) is 0 Å². The van der Waals surface area contributed by atoms with E-state index in [2.05, 4.69) is 4.98 Å². The summed E-state index contributed by atoms with van der Waals surface area (Å²) >= 11 is 0. The summed E-state index contributed by atoms with van der Waals surface area (Å²) in [5, 5.41) is 0. The lowest BCUT2D eigenvalue weighted by Crippen LogP contribution is -2.44. The first-order valence-corrected chi connectivity index (χ1v) is 5.90. The van der Waals surface area contributed by atoms with E-state index < -0.39 is 5.79 Å². The van der Waals surface area contributed by atoms with Crippen LogP contribution in [0.25, 0.3) is 0 Å². The van der Waals surface area contributed by atoms with Crippen molar-refractivity contribution in [1.29, 1.82) is 0 Å². The van der Waals surface area contributed by atoms with Gasteiger partial charge in [-0.15, -0.1) is 0 Å². The molecule has 0 radical (unpaired) electrons. The average Bonchev–Trinajstić information content (AvgIpc) is 2.32. The van der Waals surface area contributed by atoms with E-state index in [9.17, 15) is 0 Å². The van der Waals surface area contributed by atoms with Crippen LogP contribution in [-0.4, -0.2) is 42.3 Å². The van der Waals surface area contributed by atoms with Gasteiger partial charge in [0.1, 0.15) is 0 Å². The molecule has 0 N–H and O–H groups in total. The third-order valence-corrected chi connectivity index (χ3v) is 3.81. The molecule has 0 bridgehead atoms. The summed E-state index contributed by atoms with van der Waals surface area (Å²) < 4.78 is 16.3. The highest BCUT2D eigenvalue weighted by molar-refractivity contribution is 6.11. The number of pyridine rings is 1. The first-order valence-electron chi connectivity index (χ1n) is 4.75. The molecule has 1 atom stereocenters. The summed E-state index contributed by atoms with van der Waals surface area (Å²) in [5.74, 6) is -0.816. The van der Waals surface area contributed by atoms with E-state index in [-0.39, 0.29) is 5.73 Å². The Morgan fingerprint density at radius 1 is 1.20 bits per heavy atom. The summed E-state index contributed by atoms with van der Waals surface area (Å²) in [5.41, 5.74) is 0.847. The van der Waals surface area contributed by atoms with Crippen molar-refractivity contribution < 1.29 is 14.2 Å². The Hall–Kier alpha value is -0.753. The number of rotatable bonds is 5. The smallest absolute Gasteiger partial charge is 0.217 e. The number of hydrogen-bond donors (Lipinski definition) is 0. The fraction of sp³-hybridized carbons (Fsp3) is 0.500. The molecule has 0 saturated carbocycles. The van der Waals surface area contributed by atoms with Crippen LogP contribution in [-0.2, 0) is 20.0 Å². The Bertz CT molecular complexity index is 290. The minimum absolute atomic E-state index is 0.0742. The zero-order valence-corrected chi connectivity index (χ0v) is 11.6. The van der Waals surface area contributed by atoms with Crippen LogP contribution in [0, 0.1) is 0 Å². The molecule has 1 unspecified atom stereocenters. The Labute approximate surface area is 93.0 Å². The maximum atomic E-state index is 5.49. The molecule has 0 aromatic carbocycles. The topological polar surface area (TPSA) is 40.6 Å². The largest absolute Gasteiger partial charge is 0.380 e. The van der Waals surface area contributed by atoms with Gasteiger partial charge in [-0.3, -0.25) is 4.98 Å². The van der Waals surface area contributed by atoms with E-state index in [1.807, 2.05) is 12.1 Å². The van der Waals surface area contributed by atoms with Gasteiger partial charge >= 0.3 is 0 Å². The number of nitrogens with zero attached hydrogens (tertiary/aromatic N) is 1. The van der Waals surface area contributed by atoms with Gasteiger partial charge in [0.2, 0.25) is 5.79 Å². The highest BCUT2D eigenvalue weighted by Crippen LogP contribution is 2.29. The molecule has 0 aliphatic heterocycles. The molecule has 0 saturated heterocycles. The van der Waals surface area contributed by atoms with Gasteiger partial charge in [0.25, 0.3) is 0 Å². The molecule has 0 aliphatic carbocycles. The van der Waals surface area contributed by atoms with E-state index >= 15 is 0 Å². The lowest BCUT2D eigenvalue weighted by Gasteiger charge is -2.35. The number of methoxy groups -OCH3 is 3. The molecule has 5 heteroatoms. The van der Waals surface area contributed by atoms with E-state index in [0.29, 0.717) is 0 Å². The van der Waals surface area contributed by atoms with Crippen molar-refractivity contribution in [3.05, 3.63) is 30.1 Å². The molecule has 84 valence electrons. The fourth-order valence-corrected chi connectivity index (χ4v) is 2.43. The summed E-state index contributed by atoms with van der Waals surface area (Å²) in [6.07, 6.45) is 3.43. The van der Waals surface area contributed by atoms with Gasteiger partial charge in [0.05, 0.1) is 5.73 Å². The van der Waals surface area contributed by atoms with Gasteiger partial charge in [-0.05, 0) is 12.1 Å². The molecular formula is C10H17NO3Si. The van der Waals surface area contributed by atoms with Gasteiger partial charge in [-0.25, -0.2) is 0 Å². The molecular weight excluding hydrogens is 210 g/mol. The van der Waals surface area contributed by atoms with E-state index in [1.165, 1.54) is 0 Å². The van der Waals surface area contributed by atoms with Gasteiger partial charge in [-0.1, -0.05) is 0 Å². The highest BCUT2D eigenvalue weighted by Gasteiger charge is 2.38. The van der Waals surface area contributed by atoms with Gasteiger partial charge in [0.15, 0.2) is 0 Å². The zero-order chi connectivity index (χ0) is 11.3. The Balaban J connectivity index is 3.11. The van der Waals surface area contributed by atoms with Gasteiger partial charge < -0.3 is 14.2 Å². The number of ether oxygens (including phenoxy) is 3. The predicted octanol–water partition coefficient (Wildman–Crippen LogP) is -0.135. The maximum absolute atomic E-state index is 5.49. The summed E-state index contributed by atoms with van der Waals surface area (Å²) in [7, 11) is 5.70. The predicted molar refractivity (Wildman–Crippen MR) is 60.7 cm³/mol. The van der Waals surface area contributed by atoms with E-state index in [4.69, 9.17) is 14.2 Å². The quantitative estimate of drug-likeness (QED) is 0.519. The minimum Gasteiger partial charge on any atom is -0.380 e. The van der Waals surface area contributed by atoms with E-state index in [0.717, 1.165) is 15.8 Å². The second-order valence-corrected chi connectivity index (χ2v) is 4.24. The standard InChI is InChI=1S/C10H17NO3Si/c1-12-9(15)10(13-2,14-3)8-4-6-11-7-5-8/h4-7,9H,1-3,15H3. The lowest BCUT2D eigenvalue weighted by molar-refractivity contribution is -0.253. The van der Waals surface area contributed by atoms with Crippen molar-refractivity contribution in [2.75, 3.05) is 21.3 Å². The lowest BCUT2D eigenvalue weighted by atomic mass is 10.1. The zero-order valence-electron chi connectivity index (χ0n) is 9.56. The van der Waals surface area contributed by atoms with Gasteiger partial charge in [0, 0.05) is 49.5 Å².